The molecule has 1 fully saturated rings. The molecule has 0 aliphatic heterocycles. The lowest BCUT2D eigenvalue weighted by atomic mass is 10.1. The van der Waals surface area contributed by atoms with Gasteiger partial charge >= 0.3 is 0 Å². The number of nitrogens with zero attached hydrogens (tertiary/aromatic N) is 1. The molecular formula is C14H26ClN. The molecule has 0 radical (unpaired) electrons. The molecule has 1 rings (SSSR count). The van der Waals surface area contributed by atoms with Gasteiger partial charge in [0.05, 0.1) is 0 Å². The van der Waals surface area contributed by atoms with Crippen LogP contribution in [0.5, 0.6) is 0 Å². The Kier molecular flexibility index (Phi) is 7.15. The maximum Gasteiger partial charge on any atom is 0.0404 e. The predicted molar refractivity (Wildman–Crippen MR) is 73.1 cm³/mol. The smallest absolute Gasteiger partial charge is 0.0404 e. The second kappa shape index (κ2) is 8.14. The van der Waals surface area contributed by atoms with E-state index in [0.29, 0.717) is 5.88 Å². The van der Waals surface area contributed by atoms with E-state index in [0.717, 1.165) is 18.5 Å². The van der Waals surface area contributed by atoms with Gasteiger partial charge in [0, 0.05) is 18.5 Å². The zero-order valence-corrected chi connectivity index (χ0v) is 11.5. The molecular weight excluding hydrogens is 218 g/mol. The number of allylic oxidation sites excluding steroid dienone is 1. The van der Waals surface area contributed by atoms with Crippen molar-refractivity contribution in [3.05, 3.63) is 12.2 Å². The molecule has 94 valence electrons. The van der Waals surface area contributed by atoms with Gasteiger partial charge in [-0.1, -0.05) is 38.8 Å². The topological polar surface area (TPSA) is 3.24 Å². The van der Waals surface area contributed by atoms with Gasteiger partial charge in [0.25, 0.3) is 0 Å². The van der Waals surface area contributed by atoms with Gasteiger partial charge in [0.15, 0.2) is 0 Å². The number of halogens is 1. The molecule has 0 N–H and O–H groups in total. The Morgan fingerprint density at radius 2 is 1.94 bits per heavy atom. The first-order valence-electron chi connectivity index (χ1n) is 6.69. The fraction of sp³-hybridized carbons (Fsp3) is 0.857. The minimum Gasteiger partial charge on any atom is -0.297 e. The highest BCUT2D eigenvalue weighted by atomic mass is 35.5. The van der Waals surface area contributed by atoms with Crippen LogP contribution in [0.3, 0.4) is 0 Å². The van der Waals surface area contributed by atoms with Gasteiger partial charge in [-0.3, -0.25) is 4.90 Å². The van der Waals surface area contributed by atoms with E-state index in [2.05, 4.69) is 30.9 Å². The summed E-state index contributed by atoms with van der Waals surface area (Å²) in [6.07, 6.45) is 11.2. The second-order valence-electron chi connectivity index (χ2n) is 5.24. The molecule has 1 saturated carbocycles. The molecule has 0 unspecified atom stereocenters. The third-order valence-corrected chi connectivity index (χ3v) is 3.61. The summed E-state index contributed by atoms with van der Waals surface area (Å²) < 4.78 is 0. The van der Waals surface area contributed by atoms with E-state index < -0.39 is 0 Å². The molecule has 0 aromatic rings. The third-order valence-electron chi connectivity index (χ3n) is 3.43. The minimum atomic E-state index is 0.642. The number of rotatable bonds is 7. The summed E-state index contributed by atoms with van der Waals surface area (Å²) >= 11 is 5.67. The van der Waals surface area contributed by atoms with Crippen LogP contribution in [-0.2, 0) is 0 Å². The van der Waals surface area contributed by atoms with Crippen molar-refractivity contribution in [1.82, 2.24) is 4.90 Å². The molecule has 0 amide bonds. The average molecular weight is 244 g/mol. The number of hydrogen-bond donors (Lipinski definition) is 0. The maximum atomic E-state index is 5.67. The van der Waals surface area contributed by atoms with Crippen molar-refractivity contribution in [2.75, 3.05) is 19.0 Å². The summed E-state index contributed by atoms with van der Waals surface area (Å²) in [5.41, 5.74) is 0. The Morgan fingerprint density at radius 3 is 2.50 bits per heavy atom. The standard InChI is InChI=1S/C14H26ClN/c1-13(2)9-12-16(11-6-5-10-15)14-7-3-4-8-14/h5-6,13-14H,3-4,7-12H2,1-2H3. The van der Waals surface area contributed by atoms with Gasteiger partial charge in [0.2, 0.25) is 0 Å². The highest BCUT2D eigenvalue weighted by molar-refractivity contribution is 6.18. The van der Waals surface area contributed by atoms with Crippen LogP contribution in [0.25, 0.3) is 0 Å². The Hall–Kier alpha value is -0.0100. The second-order valence-corrected chi connectivity index (χ2v) is 5.55. The molecule has 0 aromatic carbocycles. The molecule has 0 saturated heterocycles. The van der Waals surface area contributed by atoms with Gasteiger partial charge in [0.1, 0.15) is 0 Å². The largest absolute Gasteiger partial charge is 0.297 e. The van der Waals surface area contributed by atoms with Crippen LogP contribution >= 0.6 is 11.6 Å². The maximum absolute atomic E-state index is 5.67. The van der Waals surface area contributed by atoms with Crippen molar-refractivity contribution in [2.45, 2.75) is 52.0 Å². The van der Waals surface area contributed by atoms with Crippen molar-refractivity contribution in [3.8, 4) is 0 Å². The normalized spacial score (nSPS) is 18.3. The fourth-order valence-electron chi connectivity index (χ4n) is 2.39. The fourth-order valence-corrected chi connectivity index (χ4v) is 2.52. The Bertz CT molecular complexity index is 195. The first-order valence-corrected chi connectivity index (χ1v) is 7.22. The lowest BCUT2D eigenvalue weighted by molar-refractivity contribution is 0.208. The summed E-state index contributed by atoms with van der Waals surface area (Å²) in [7, 11) is 0. The molecule has 0 atom stereocenters. The molecule has 16 heavy (non-hydrogen) atoms. The van der Waals surface area contributed by atoms with E-state index in [1.807, 2.05) is 0 Å². The van der Waals surface area contributed by atoms with Gasteiger partial charge in [-0.05, 0) is 31.7 Å². The van der Waals surface area contributed by atoms with Crippen molar-refractivity contribution < 1.29 is 0 Å². The van der Waals surface area contributed by atoms with Crippen LogP contribution in [0, 0.1) is 5.92 Å². The molecule has 2 heteroatoms. The summed E-state index contributed by atoms with van der Waals surface area (Å²) in [5.74, 6) is 1.45. The van der Waals surface area contributed by atoms with Crippen LogP contribution in [0.15, 0.2) is 12.2 Å². The van der Waals surface area contributed by atoms with Crippen LogP contribution in [0.4, 0.5) is 0 Å². The molecule has 0 bridgehead atoms. The van der Waals surface area contributed by atoms with E-state index in [1.54, 1.807) is 0 Å². The molecule has 0 aromatic heterocycles. The van der Waals surface area contributed by atoms with Gasteiger partial charge in [-0.25, -0.2) is 0 Å². The highest BCUT2D eigenvalue weighted by Crippen LogP contribution is 2.24. The zero-order valence-electron chi connectivity index (χ0n) is 10.8. The quantitative estimate of drug-likeness (QED) is 0.481. The summed E-state index contributed by atoms with van der Waals surface area (Å²) in [6, 6.07) is 0.832. The van der Waals surface area contributed by atoms with Crippen LogP contribution in [0.2, 0.25) is 0 Å². The van der Waals surface area contributed by atoms with Gasteiger partial charge < -0.3 is 0 Å². The minimum absolute atomic E-state index is 0.642. The first kappa shape index (κ1) is 14.1. The number of hydrogen-bond acceptors (Lipinski definition) is 1. The van der Waals surface area contributed by atoms with Crippen LogP contribution in [-0.4, -0.2) is 29.9 Å². The molecule has 1 aliphatic rings. The highest BCUT2D eigenvalue weighted by Gasteiger charge is 2.21. The van der Waals surface area contributed by atoms with E-state index in [1.165, 1.54) is 38.6 Å². The molecule has 0 spiro atoms. The van der Waals surface area contributed by atoms with Crippen molar-refractivity contribution in [3.63, 3.8) is 0 Å². The average Bonchev–Trinajstić information content (AvgIpc) is 2.76. The van der Waals surface area contributed by atoms with Gasteiger partial charge in [-0.15, -0.1) is 11.6 Å². The summed E-state index contributed by atoms with van der Waals surface area (Å²) in [6.45, 7) is 6.95. The number of alkyl halides is 1. The lowest BCUT2D eigenvalue weighted by Gasteiger charge is -2.28. The Morgan fingerprint density at radius 1 is 1.25 bits per heavy atom. The monoisotopic (exact) mass is 243 g/mol. The van der Waals surface area contributed by atoms with E-state index in [9.17, 15) is 0 Å². The zero-order chi connectivity index (χ0) is 11.8. The van der Waals surface area contributed by atoms with E-state index in [-0.39, 0.29) is 0 Å². The summed E-state index contributed by atoms with van der Waals surface area (Å²) in [4.78, 5) is 2.65. The molecule has 0 heterocycles. The van der Waals surface area contributed by atoms with Crippen LogP contribution in [0.1, 0.15) is 46.0 Å². The molecule has 1 aliphatic carbocycles. The van der Waals surface area contributed by atoms with Crippen molar-refractivity contribution >= 4 is 11.6 Å². The third kappa shape index (κ3) is 5.36. The Labute approximate surface area is 106 Å². The SMILES string of the molecule is CC(C)CCN(CC=CCCl)C1CCCC1. The van der Waals surface area contributed by atoms with E-state index in [4.69, 9.17) is 11.6 Å². The Balaban J connectivity index is 2.36. The molecule has 1 nitrogen and oxygen atoms in total. The van der Waals surface area contributed by atoms with Gasteiger partial charge in [-0.2, -0.15) is 0 Å². The van der Waals surface area contributed by atoms with Crippen LogP contribution < -0.4 is 0 Å². The predicted octanol–water partition coefficient (Wildman–Crippen LogP) is 4.07. The lowest BCUT2D eigenvalue weighted by Crippen LogP contribution is -2.34. The van der Waals surface area contributed by atoms with E-state index >= 15 is 0 Å². The summed E-state index contributed by atoms with van der Waals surface area (Å²) in [5, 5.41) is 0. The van der Waals surface area contributed by atoms with Crippen molar-refractivity contribution in [1.29, 1.82) is 0 Å². The first-order chi connectivity index (χ1) is 7.74. The van der Waals surface area contributed by atoms with Crippen molar-refractivity contribution in [2.24, 2.45) is 5.92 Å².